The fourth-order valence-electron chi connectivity index (χ4n) is 3.37. The summed E-state index contributed by atoms with van der Waals surface area (Å²) in [5, 5.41) is 12.4. The van der Waals surface area contributed by atoms with Crippen molar-refractivity contribution in [2.75, 3.05) is 18.9 Å². The zero-order valence-electron chi connectivity index (χ0n) is 16.4. The Kier molecular flexibility index (Phi) is 5.31. The molecule has 0 spiro atoms. The van der Waals surface area contributed by atoms with E-state index in [2.05, 4.69) is 20.1 Å². The van der Waals surface area contributed by atoms with Crippen LogP contribution in [0.5, 0.6) is 11.5 Å². The van der Waals surface area contributed by atoms with Crippen molar-refractivity contribution in [3.05, 3.63) is 60.4 Å². The molecule has 30 heavy (non-hydrogen) atoms. The maximum atomic E-state index is 12.4. The van der Waals surface area contributed by atoms with Gasteiger partial charge in [0.2, 0.25) is 5.91 Å². The van der Waals surface area contributed by atoms with Crippen molar-refractivity contribution >= 4 is 17.7 Å². The van der Waals surface area contributed by atoms with Gasteiger partial charge in [-0.3, -0.25) is 9.36 Å². The maximum absolute atomic E-state index is 12.4. The fraction of sp³-hybridized carbons (Fsp3) is 0.318. The van der Waals surface area contributed by atoms with Crippen molar-refractivity contribution < 1.29 is 14.3 Å². The number of nitrogens with zero attached hydrogens (tertiary/aromatic N) is 3. The first kappa shape index (κ1) is 19.0. The van der Waals surface area contributed by atoms with E-state index in [1.165, 1.54) is 11.8 Å². The average molecular weight is 423 g/mol. The topological polar surface area (TPSA) is 78.3 Å². The lowest BCUT2D eigenvalue weighted by Crippen LogP contribution is -2.41. The molecule has 1 aromatic heterocycles. The van der Waals surface area contributed by atoms with Crippen LogP contribution in [0.25, 0.3) is 5.69 Å². The smallest absolute Gasteiger partial charge is 0.230 e. The van der Waals surface area contributed by atoms with E-state index in [1.54, 1.807) is 0 Å². The molecule has 2 aromatic carbocycles. The maximum Gasteiger partial charge on any atom is 0.230 e. The number of nitrogens with one attached hydrogen (secondary N) is 1. The number of ether oxygens (including phenoxy) is 2. The largest absolute Gasteiger partial charge is 0.486 e. The van der Waals surface area contributed by atoms with Gasteiger partial charge in [0, 0.05) is 11.6 Å². The average Bonchev–Trinajstić information content (AvgIpc) is 3.55. The van der Waals surface area contributed by atoms with E-state index in [4.69, 9.17) is 9.47 Å². The van der Waals surface area contributed by atoms with Crippen LogP contribution in [0, 0.1) is 0 Å². The first-order valence-electron chi connectivity index (χ1n) is 10.1. The molecule has 0 bridgehead atoms. The van der Waals surface area contributed by atoms with Crippen molar-refractivity contribution in [1.29, 1.82) is 0 Å². The summed E-state index contributed by atoms with van der Waals surface area (Å²) in [6.07, 6.45) is 2.08. The third kappa shape index (κ3) is 4.14. The summed E-state index contributed by atoms with van der Waals surface area (Å²) < 4.78 is 13.7. The minimum absolute atomic E-state index is 0.0713. The van der Waals surface area contributed by atoms with Gasteiger partial charge in [-0.1, -0.05) is 42.1 Å². The summed E-state index contributed by atoms with van der Waals surface area (Å²) in [7, 11) is 0. The second-order valence-corrected chi connectivity index (χ2v) is 8.32. The summed E-state index contributed by atoms with van der Waals surface area (Å²) in [4.78, 5) is 12.4. The summed E-state index contributed by atoms with van der Waals surface area (Å²) in [6, 6.07) is 17.6. The molecule has 154 valence electrons. The van der Waals surface area contributed by atoms with E-state index >= 15 is 0 Å². The Labute approximate surface area is 178 Å². The van der Waals surface area contributed by atoms with Crippen molar-refractivity contribution in [2.24, 2.45) is 0 Å². The molecule has 1 atom stereocenters. The first-order valence-corrected chi connectivity index (χ1v) is 11.0. The molecule has 1 fully saturated rings. The van der Waals surface area contributed by atoms with Gasteiger partial charge >= 0.3 is 0 Å². The van der Waals surface area contributed by atoms with Crippen LogP contribution in [0.1, 0.15) is 24.6 Å². The van der Waals surface area contributed by atoms with Gasteiger partial charge in [0.15, 0.2) is 16.7 Å². The van der Waals surface area contributed by atoms with E-state index in [1.807, 2.05) is 54.6 Å². The fourth-order valence-corrected chi connectivity index (χ4v) is 4.16. The Morgan fingerprint density at radius 2 is 1.83 bits per heavy atom. The molecule has 0 radical (unpaired) electrons. The Morgan fingerprint density at radius 1 is 1.07 bits per heavy atom. The number of hydrogen-bond acceptors (Lipinski definition) is 6. The van der Waals surface area contributed by atoms with Gasteiger partial charge in [0.1, 0.15) is 18.5 Å². The SMILES string of the molecule is O=C(CSc1nnc(C2CC2)n1-c1ccccc1)NC[C@@H]1COc2ccccc2O1. The van der Waals surface area contributed by atoms with E-state index in [-0.39, 0.29) is 17.8 Å². The van der Waals surface area contributed by atoms with E-state index in [9.17, 15) is 4.79 Å². The monoisotopic (exact) mass is 422 g/mol. The summed E-state index contributed by atoms with van der Waals surface area (Å²) >= 11 is 1.40. The Hall–Kier alpha value is -3.00. The highest BCUT2D eigenvalue weighted by Gasteiger charge is 2.31. The van der Waals surface area contributed by atoms with E-state index in [0.29, 0.717) is 24.8 Å². The molecule has 1 N–H and O–H groups in total. The molecule has 5 rings (SSSR count). The lowest BCUT2D eigenvalue weighted by molar-refractivity contribution is -0.119. The van der Waals surface area contributed by atoms with E-state index in [0.717, 1.165) is 35.3 Å². The number of fused-ring (bicyclic) bond motifs is 1. The van der Waals surface area contributed by atoms with Gasteiger partial charge in [0.25, 0.3) is 0 Å². The highest BCUT2D eigenvalue weighted by molar-refractivity contribution is 7.99. The number of benzene rings is 2. The number of aromatic nitrogens is 3. The van der Waals surface area contributed by atoms with Crippen LogP contribution in [0.4, 0.5) is 0 Å². The summed E-state index contributed by atoms with van der Waals surface area (Å²) in [5.74, 6) is 3.09. The van der Waals surface area contributed by atoms with Gasteiger partial charge in [-0.15, -0.1) is 10.2 Å². The quantitative estimate of drug-likeness (QED) is 0.589. The zero-order chi connectivity index (χ0) is 20.3. The molecule has 7 nitrogen and oxygen atoms in total. The van der Waals surface area contributed by atoms with E-state index < -0.39 is 0 Å². The predicted molar refractivity (Wildman–Crippen MR) is 113 cm³/mol. The van der Waals surface area contributed by atoms with Crippen molar-refractivity contribution in [1.82, 2.24) is 20.1 Å². The molecule has 2 aliphatic rings. The Morgan fingerprint density at radius 3 is 2.63 bits per heavy atom. The molecule has 1 aliphatic carbocycles. The molecular formula is C22H22N4O3S. The number of carbonyl (C=O) groups excluding carboxylic acids is 1. The van der Waals surface area contributed by atoms with Crippen molar-refractivity contribution in [2.45, 2.75) is 30.0 Å². The highest BCUT2D eigenvalue weighted by Crippen LogP contribution is 2.41. The molecule has 1 amide bonds. The van der Waals surface area contributed by atoms with Gasteiger partial charge in [-0.05, 0) is 37.1 Å². The lowest BCUT2D eigenvalue weighted by Gasteiger charge is -2.26. The minimum Gasteiger partial charge on any atom is -0.486 e. The third-order valence-electron chi connectivity index (χ3n) is 5.04. The number of hydrogen-bond donors (Lipinski definition) is 1. The third-order valence-corrected chi connectivity index (χ3v) is 5.97. The number of thioether (sulfide) groups is 1. The van der Waals surface area contributed by atoms with Crippen LogP contribution in [0.15, 0.2) is 59.8 Å². The Balaban J connectivity index is 1.18. The molecule has 1 aliphatic heterocycles. The molecule has 0 unspecified atom stereocenters. The predicted octanol–water partition coefficient (Wildman–Crippen LogP) is 3.19. The van der Waals surface area contributed by atoms with Gasteiger partial charge in [0.05, 0.1) is 12.3 Å². The number of amides is 1. The minimum atomic E-state index is -0.205. The molecule has 8 heteroatoms. The van der Waals surface area contributed by atoms with Crippen LogP contribution in [-0.4, -0.2) is 45.7 Å². The first-order chi connectivity index (χ1) is 14.8. The van der Waals surface area contributed by atoms with Crippen LogP contribution in [0.2, 0.25) is 0 Å². The molecule has 1 saturated carbocycles. The van der Waals surface area contributed by atoms with Crippen molar-refractivity contribution in [3.63, 3.8) is 0 Å². The van der Waals surface area contributed by atoms with Crippen LogP contribution in [-0.2, 0) is 4.79 Å². The zero-order valence-corrected chi connectivity index (χ0v) is 17.2. The highest BCUT2D eigenvalue weighted by atomic mass is 32.2. The standard InChI is InChI=1S/C22H22N4O3S/c27-20(23-12-17-13-28-18-8-4-5-9-19(18)29-17)14-30-22-25-24-21(15-10-11-15)26(22)16-6-2-1-3-7-16/h1-9,15,17H,10-14H2,(H,23,27)/t17-/m1/s1. The second kappa shape index (κ2) is 8.39. The normalized spacial score (nSPS) is 17.5. The molecular weight excluding hydrogens is 400 g/mol. The number of carbonyl (C=O) groups is 1. The Bertz CT molecular complexity index is 1040. The summed E-state index contributed by atoms with van der Waals surface area (Å²) in [6.45, 7) is 0.809. The van der Waals surface area contributed by atoms with Gasteiger partial charge in [-0.2, -0.15) is 0 Å². The van der Waals surface area contributed by atoms with Gasteiger partial charge < -0.3 is 14.8 Å². The number of para-hydroxylation sites is 3. The van der Waals surface area contributed by atoms with Crippen LogP contribution >= 0.6 is 11.8 Å². The van der Waals surface area contributed by atoms with Crippen LogP contribution < -0.4 is 14.8 Å². The lowest BCUT2D eigenvalue weighted by atomic mass is 10.2. The summed E-state index contributed by atoms with van der Waals surface area (Å²) in [5.41, 5.74) is 1.03. The van der Waals surface area contributed by atoms with Gasteiger partial charge in [-0.25, -0.2) is 0 Å². The second-order valence-electron chi connectivity index (χ2n) is 7.38. The number of rotatable bonds is 7. The molecule has 0 saturated heterocycles. The molecule has 3 aromatic rings. The van der Waals surface area contributed by atoms with Crippen molar-refractivity contribution in [3.8, 4) is 17.2 Å². The van der Waals surface area contributed by atoms with Crippen LogP contribution in [0.3, 0.4) is 0 Å². The molecule has 2 heterocycles.